The van der Waals surface area contributed by atoms with E-state index in [4.69, 9.17) is 4.99 Å². The Kier molecular flexibility index (Phi) is 4.59. The van der Waals surface area contributed by atoms with Crippen LogP contribution >= 0.6 is 0 Å². The molecule has 0 aromatic heterocycles. The smallest absolute Gasteiger partial charge is 0.314 e. The molecule has 3 aliphatic heterocycles. The molecule has 0 saturated carbocycles. The number of benzene rings is 1. The zero-order chi connectivity index (χ0) is 21.0. The summed E-state index contributed by atoms with van der Waals surface area (Å²) in [6, 6.07) is 4.87. The van der Waals surface area contributed by atoms with Gasteiger partial charge in [-0.1, -0.05) is 26.0 Å². The number of urea groups is 1. The molecule has 29 heavy (non-hydrogen) atoms. The fraction of sp³-hybridized carbons (Fsp3) is 0.476. The summed E-state index contributed by atoms with van der Waals surface area (Å²) in [6.45, 7) is 9.20. The fourth-order valence-electron chi connectivity index (χ4n) is 4.18. The van der Waals surface area contributed by atoms with E-state index < -0.39 is 12.2 Å². The monoisotopic (exact) mass is 399 g/mol. The number of halogens is 1. The SMILES string of the molecule is CC1=C(C)N2C(=NC3C2C(=O)N(Cc2ccc(F)cc2)C(=O)N3C)N1CC(C)C. The Labute approximate surface area is 170 Å². The lowest BCUT2D eigenvalue weighted by atomic mass is 10.1. The predicted octanol–water partition coefficient (Wildman–Crippen LogP) is 2.81. The standard InChI is InChI=1S/C21H26FN5O2/c1-12(2)10-25-13(3)14(4)27-17-18(23-20(25)27)24(5)21(29)26(19(17)28)11-15-6-8-16(22)9-7-15/h6-9,12,17-18H,10-11H2,1-5H3. The highest BCUT2D eigenvalue weighted by Crippen LogP contribution is 2.38. The van der Waals surface area contributed by atoms with Gasteiger partial charge in [-0.05, 0) is 37.5 Å². The fourth-order valence-corrected chi connectivity index (χ4v) is 4.18. The first-order valence-corrected chi connectivity index (χ1v) is 9.85. The van der Waals surface area contributed by atoms with Crippen molar-refractivity contribution in [2.75, 3.05) is 13.6 Å². The van der Waals surface area contributed by atoms with E-state index in [2.05, 4.69) is 18.7 Å². The molecule has 2 unspecified atom stereocenters. The number of imide groups is 1. The van der Waals surface area contributed by atoms with Crippen molar-refractivity contribution in [3.05, 3.63) is 47.0 Å². The molecule has 1 saturated heterocycles. The van der Waals surface area contributed by atoms with E-state index in [0.29, 0.717) is 11.5 Å². The molecule has 0 radical (unpaired) electrons. The molecule has 7 nitrogen and oxygen atoms in total. The number of guanidine groups is 1. The molecule has 1 fully saturated rings. The maximum Gasteiger partial charge on any atom is 0.328 e. The Morgan fingerprint density at radius 3 is 2.34 bits per heavy atom. The summed E-state index contributed by atoms with van der Waals surface area (Å²) < 4.78 is 13.2. The van der Waals surface area contributed by atoms with Gasteiger partial charge in [0.2, 0.25) is 5.96 Å². The van der Waals surface area contributed by atoms with Crippen molar-refractivity contribution in [1.29, 1.82) is 0 Å². The van der Waals surface area contributed by atoms with Crippen molar-refractivity contribution in [1.82, 2.24) is 19.6 Å². The Balaban J connectivity index is 1.66. The number of hydrogen-bond donors (Lipinski definition) is 0. The van der Waals surface area contributed by atoms with Crippen LogP contribution in [-0.4, -0.2) is 63.3 Å². The molecule has 3 heterocycles. The van der Waals surface area contributed by atoms with E-state index in [0.717, 1.165) is 23.9 Å². The van der Waals surface area contributed by atoms with E-state index in [1.807, 2.05) is 18.7 Å². The van der Waals surface area contributed by atoms with Crippen LogP contribution in [0.2, 0.25) is 0 Å². The normalized spacial score (nSPS) is 24.0. The number of aliphatic imine (C=N–C) groups is 1. The van der Waals surface area contributed by atoms with E-state index in [1.165, 1.54) is 21.9 Å². The zero-order valence-corrected chi connectivity index (χ0v) is 17.4. The molecule has 8 heteroatoms. The van der Waals surface area contributed by atoms with Crippen molar-refractivity contribution in [3.63, 3.8) is 0 Å². The van der Waals surface area contributed by atoms with E-state index in [9.17, 15) is 14.0 Å². The molecule has 2 atom stereocenters. The summed E-state index contributed by atoms with van der Waals surface area (Å²) in [5.74, 6) is 0.530. The molecule has 3 aliphatic rings. The van der Waals surface area contributed by atoms with Crippen LogP contribution in [-0.2, 0) is 11.3 Å². The van der Waals surface area contributed by atoms with Gasteiger partial charge in [-0.25, -0.2) is 14.2 Å². The first-order chi connectivity index (χ1) is 13.7. The minimum absolute atomic E-state index is 0.103. The maximum atomic E-state index is 13.4. The molecule has 1 aromatic rings. The van der Waals surface area contributed by atoms with Gasteiger partial charge in [-0.3, -0.25) is 14.6 Å². The Morgan fingerprint density at radius 2 is 1.72 bits per heavy atom. The molecule has 0 spiro atoms. The van der Waals surface area contributed by atoms with Gasteiger partial charge in [0.25, 0.3) is 5.91 Å². The van der Waals surface area contributed by atoms with Crippen LogP contribution in [0.25, 0.3) is 0 Å². The van der Waals surface area contributed by atoms with Gasteiger partial charge in [0.15, 0.2) is 12.2 Å². The molecule has 154 valence electrons. The van der Waals surface area contributed by atoms with Gasteiger partial charge in [-0.2, -0.15) is 0 Å². The maximum absolute atomic E-state index is 13.4. The molecule has 3 amide bonds. The van der Waals surface area contributed by atoms with Gasteiger partial charge in [-0.15, -0.1) is 0 Å². The Morgan fingerprint density at radius 1 is 1.07 bits per heavy atom. The first-order valence-electron chi connectivity index (χ1n) is 9.85. The number of nitrogens with zero attached hydrogens (tertiary/aromatic N) is 5. The van der Waals surface area contributed by atoms with E-state index >= 15 is 0 Å². The second kappa shape index (κ2) is 6.86. The Hall–Kier alpha value is -2.90. The number of fused-ring (bicyclic) bond motifs is 3. The summed E-state index contributed by atoms with van der Waals surface area (Å²) in [7, 11) is 1.68. The highest BCUT2D eigenvalue weighted by Gasteiger charge is 2.55. The van der Waals surface area contributed by atoms with Gasteiger partial charge >= 0.3 is 6.03 Å². The van der Waals surface area contributed by atoms with Crippen LogP contribution in [0.4, 0.5) is 9.18 Å². The van der Waals surface area contributed by atoms with Crippen LogP contribution in [0.3, 0.4) is 0 Å². The minimum atomic E-state index is -0.583. The van der Waals surface area contributed by atoms with Crippen LogP contribution in [0.15, 0.2) is 40.7 Å². The largest absolute Gasteiger partial charge is 0.328 e. The number of rotatable bonds is 4. The molecular weight excluding hydrogens is 373 g/mol. The number of carbonyl (C=O) groups excluding carboxylic acids is 2. The lowest BCUT2D eigenvalue weighted by Crippen LogP contribution is -2.64. The van der Waals surface area contributed by atoms with Gasteiger partial charge in [0, 0.05) is 25.0 Å². The topological polar surface area (TPSA) is 59.5 Å². The quantitative estimate of drug-likeness (QED) is 0.781. The Bertz CT molecular complexity index is 924. The molecule has 4 rings (SSSR count). The third kappa shape index (κ3) is 2.97. The second-order valence-electron chi connectivity index (χ2n) is 8.28. The summed E-state index contributed by atoms with van der Waals surface area (Å²) in [4.78, 5) is 38.0. The third-order valence-corrected chi connectivity index (χ3v) is 5.81. The molecule has 0 N–H and O–H groups in total. The lowest BCUT2D eigenvalue weighted by molar-refractivity contribution is -0.137. The summed E-state index contributed by atoms with van der Waals surface area (Å²) in [5, 5.41) is 0. The number of carbonyl (C=O) groups is 2. The number of allylic oxidation sites excluding steroid dienone is 2. The predicted molar refractivity (Wildman–Crippen MR) is 107 cm³/mol. The van der Waals surface area contributed by atoms with Crippen LogP contribution in [0.5, 0.6) is 0 Å². The number of hydrogen-bond acceptors (Lipinski definition) is 5. The minimum Gasteiger partial charge on any atom is -0.314 e. The van der Waals surface area contributed by atoms with Crippen molar-refractivity contribution >= 4 is 17.9 Å². The van der Waals surface area contributed by atoms with Crippen molar-refractivity contribution in [2.45, 2.75) is 46.4 Å². The zero-order valence-electron chi connectivity index (χ0n) is 17.4. The first kappa shape index (κ1) is 19.4. The lowest BCUT2D eigenvalue weighted by Gasteiger charge is -2.40. The summed E-state index contributed by atoms with van der Waals surface area (Å²) >= 11 is 0. The van der Waals surface area contributed by atoms with Crippen LogP contribution < -0.4 is 0 Å². The highest BCUT2D eigenvalue weighted by molar-refractivity contribution is 6.05. The van der Waals surface area contributed by atoms with Crippen molar-refractivity contribution < 1.29 is 14.0 Å². The van der Waals surface area contributed by atoms with Crippen LogP contribution in [0.1, 0.15) is 33.3 Å². The summed E-state index contributed by atoms with van der Waals surface area (Å²) in [6.07, 6.45) is -0.549. The summed E-state index contributed by atoms with van der Waals surface area (Å²) in [5.41, 5.74) is 2.76. The van der Waals surface area contributed by atoms with Gasteiger partial charge in [0.05, 0.1) is 6.54 Å². The van der Waals surface area contributed by atoms with Crippen molar-refractivity contribution in [3.8, 4) is 0 Å². The average molecular weight is 399 g/mol. The van der Waals surface area contributed by atoms with Crippen molar-refractivity contribution in [2.24, 2.45) is 10.9 Å². The second-order valence-corrected chi connectivity index (χ2v) is 8.28. The average Bonchev–Trinajstić information content (AvgIpc) is 3.17. The molecule has 1 aromatic carbocycles. The third-order valence-electron chi connectivity index (χ3n) is 5.81. The molecule has 0 bridgehead atoms. The number of amides is 3. The van der Waals surface area contributed by atoms with Gasteiger partial charge in [0.1, 0.15) is 5.82 Å². The van der Waals surface area contributed by atoms with Gasteiger partial charge < -0.3 is 9.80 Å². The molecular formula is C21H26FN5O2. The highest BCUT2D eigenvalue weighted by atomic mass is 19.1. The number of likely N-dealkylation sites (N-methyl/N-ethyl adjacent to an activating group) is 1. The van der Waals surface area contributed by atoms with E-state index in [1.54, 1.807) is 19.2 Å². The molecule has 0 aliphatic carbocycles. The van der Waals surface area contributed by atoms with Crippen LogP contribution in [0, 0.1) is 11.7 Å². The van der Waals surface area contributed by atoms with E-state index in [-0.39, 0.29) is 24.3 Å².